The maximum absolute atomic E-state index is 14.0. The third kappa shape index (κ3) is 2.62. The molecule has 0 radical (unpaired) electrons. The summed E-state index contributed by atoms with van der Waals surface area (Å²) >= 11 is 3.36. The number of aromatic nitrogens is 2. The normalized spacial score (nSPS) is 14.4. The third-order valence-corrected chi connectivity index (χ3v) is 3.99. The minimum absolute atomic E-state index is 0.0660. The number of hydrogen-bond acceptors (Lipinski definition) is 4. The predicted molar refractivity (Wildman–Crippen MR) is 71.3 cm³/mol. The molecule has 2 aromatic rings. The summed E-state index contributed by atoms with van der Waals surface area (Å²) in [6, 6.07) is 2.30. The van der Waals surface area contributed by atoms with Crippen LogP contribution in [0, 0.1) is 12.7 Å². The minimum atomic E-state index is -0.707. The van der Waals surface area contributed by atoms with Gasteiger partial charge >= 0.3 is 5.76 Å². The Hall–Kier alpha value is -1.47. The van der Waals surface area contributed by atoms with E-state index in [0.717, 1.165) is 10.0 Å². The van der Waals surface area contributed by atoms with Crippen LogP contribution in [0.1, 0.15) is 35.9 Å². The Balaban J connectivity index is 2.42. The number of nitrogens with one attached hydrogen (secondary N) is 1. The van der Waals surface area contributed by atoms with E-state index in [1.807, 2.05) is 0 Å². The highest BCUT2D eigenvalue weighted by molar-refractivity contribution is 9.10. The summed E-state index contributed by atoms with van der Waals surface area (Å²) in [6.07, 6.45) is 0. The van der Waals surface area contributed by atoms with E-state index in [-0.39, 0.29) is 17.6 Å². The smallest absolute Gasteiger partial charge is 0.391 e. The fourth-order valence-corrected chi connectivity index (χ4v) is 2.35. The molecule has 0 saturated heterocycles. The van der Waals surface area contributed by atoms with E-state index >= 15 is 0 Å². The summed E-state index contributed by atoms with van der Waals surface area (Å²) in [5, 5.41) is 5.82. The highest BCUT2D eigenvalue weighted by Crippen LogP contribution is 2.34. The van der Waals surface area contributed by atoms with Crippen LogP contribution in [0.2, 0.25) is 0 Å². The van der Waals surface area contributed by atoms with Crippen LogP contribution in [0.15, 0.2) is 25.8 Å². The summed E-state index contributed by atoms with van der Waals surface area (Å²) in [4.78, 5) is 10.9. The zero-order chi connectivity index (χ0) is 14.2. The Morgan fingerprint density at radius 1 is 1.53 bits per heavy atom. The van der Waals surface area contributed by atoms with Gasteiger partial charge in [0.2, 0.25) is 5.89 Å². The van der Waals surface area contributed by atoms with Crippen molar-refractivity contribution in [3.05, 3.63) is 50.0 Å². The molecule has 0 bridgehead atoms. The van der Waals surface area contributed by atoms with Gasteiger partial charge < -0.3 is 10.2 Å². The highest BCUT2D eigenvalue weighted by Gasteiger charge is 2.26. The molecule has 19 heavy (non-hydrogen) atoms. The van der Waals surface area contributed by atoms with Crippen LogP contribution < -0.4 is 11.5 Å². The fraction of sp³-hybridized carbons (Fsp3) is 0.333. The summed E-state index contributed by atoms with van der Waals surface area (Å²) in [5.41, 5.74) is 7.22. The quantitative estimate of drug-likeness (QED) is 0.905. The molecular weight excluding hydrogens is 317 g/mol. The number of nitrogens with two attached hydrogens (primary N) is 1. The highest BCUT2D eigenvalue weighted by atomic mass is 79.9. The Bertz CT molecular complexity index is 653. The van der Waals surface area contributed by atoms with Crippen LogP contribution in [-0.4, -0.2) is 10.2 Å². The van der Waals surface area contributed by atoms with Gasteiger partial charge in [0.05, 0.1) is 6.04 Å². The number of hydrogen-bond donors (Lipinski definition) is 2. The van der Waals surface area contributed by atoms with Crippen molar-refractivity contribution in [3.8, 4) is 0 Å². The first-order valence-electron chi connectivity index (χ1n) is 5.67. The van der Waals surface area contributed by atoms with Gasteiger partial charge in [-0.25, -0.2) is 14.3 Å². The van der Waals surface area contributed by atoms with E-state index in [1.54, 1.807) is 19.9 Å². The Kier molecular flexibility index (Phi) is 3.86. The zero-order valence-electron chi connectivity index (χ0n) is 10.4. The minimum Gasteiger partial charge on any atom is -0.391 e. The van der Waals surface area contributed by atoms with Gasteiger partial charge in [-0.05, 0) is 30.2 Å². The third-order valence-electron chi connectivity index (χ3n) is 3.13. The van der Waals surface area contributed by atoms with E-state index in [1.165, 1.54) is 6.07 Å². The van der Waals surface area contributed by atoms with Crippen LogP contribution in [0.4, 0.5) is 4.39 Å². The van der Waals surface area contributed by atoms with Crippen molar-refractivity contribution >= 4 is 15.9 Å². The number of benzene rings is 1. The lowest BCUT2D eigenvalue weighted by Gasteiger charge is -2.20. The van der Waals surface area contributed by atoms with E-state index in [0.29, 0.717) is 5.56 Å². The van der Waals surface area contributed by atoms with Crippen molar-refractivity contribution in [2.24, 2.45) is 5.73 Å². The molecule has 7 heteroatoms. The maximum atomic E-state index is 14.0. The molecule has 0 aliphatic carbocycles. The van der Waals surface area contributed by atoms with Gasteiger partial charge in [0.25, 0.3) is 0 Å². The van der Waals surface area contributed by atoms with Crippen molar-refractivity contribution in [3.63, 3.8) is 0 Å². The summed E-state index contributed by atoms with van der Waals surface area (Å²) in [7, 11) is 0. The molecule has 1 unspecified atom stereocenters. The fourth-order valence-electron chi connectivity index (χ4n) is 2.01. The number of H-pyrrole nitrogens is 1. The van der Waals surface area contributed by atoms with Gasteiger partial charge in [0.1, 0.15) is 5.82 Å². The molecule has 2 rings (SSSR count). The van der Waals surface area contributed by atoms with Gasteiger partial charge in [-0.3, -0.25) is 0 Å². The summed E-state index contributed by atoms with van der Waals surface area (Å²) in [5.74, 6) is -1.34. The Morgan fingerprint density at radius 3 is 2.79 bits per heavy atom. The summed E-state index contributed by atoms with van der Waals surface area (Å²) < 4.78 is 19.6. The van der Waals surface area contributed by atoms with Crippen LogP contribution in [0.3, 0.4) is 0 Å². The predicted octanol–water partition coefficient (Wildman–Crippen LogP) is 2.38. The molecule has 1 heterocycles. The molecule has 3 N–H and O–H groups in total. The number of halogens is 2. The molecule has 5 nitrogen and oxygen atoms in total. The lowest BCUT2D eigenvalue weighted by atomic mass is 9.90. The molecule has 1 aromatic carbocycles. The van der Waals surface area contributed by atoms with Crippen LogP contribution in [-0.2, 0) is 0 Å². The molecule has 0 saturated carbocycles. The topological polar surface area (TPSA) is 84.9 Å². The SMILES string of the molecule is Cc1c(Br)ccc(F)c1C(C)[C@H](N)c1n[nH]c(=O)o1. The second-order valence-electron chi connectivity index (χ2n) is 4.33. The average Bonchev–Trinajstić information content (AvgIpc) is 2.80. The van der Waals surface area contributed by atoms with Crippen molar-refractivity contribution in [2.75, 3.05) is 0 Å². The molecule has 0 amide bonds. The first-order valence-corrected chi connectivity index (χ1v) is 6.46. The van der Waals surface area contributed by atoms with Gasteiger partial charge in [-0.15, -0.1) is 5.10 Å². The zero-order valence-corrected chi connectivity index (χ0v) is 12.0. The van der Waals surface area contributed by atoms with Crippen molar-refractivity contribution < 1.29 is 8.81 Å². The molecule has 0 aliphatic rings. The Labute approximate surface area is 117 Å². The van der Waals surface area contributed by atoms with Gasteiger partial charge in [-0.2, -0.15) is 0 Å². The van der Waals surface area contributed by atoms with Crippen LogP contribution in [0.25, 0.3) is 0 Å². The Morgan fingerprint density at radius 2 is 2.21 bits per heavy atom. The standard InChI is InChI=1S/C12H13BrFN3O2/c1-5-7(13)3-4-8(14)9(5)6(2)10(15)11-16-17-12(18)19-11/h3-4,6,10H,15H2,1-2H3,(H,17,18)/t6?,10-/m0/s1. The number of aromatic amines is 1. The first-order chi connectivity index (χ1) is 8.91. The molecule has 1 aromatic heterocycles. The van der Waals surface area contributed by atoms with Crippen LogP contribution in [0.5, 0.6) is 0 Å². The van der Waals surface area contributed by atoms with Gasteiger partial charge in [0, 0.05) is 10.4 Å². The van der Waals surface area contributed by atoms with Crippen molar-refractivity contribution in [1.29, 1.82) is 0 Å². The largest absolute Gasteiger partial charge is 0.434 e. The molecule has 0 fully saturated rings. The number of rotatable bonds is 3. The van der Waals surface area contributed by atoms with Crippen molar-refractivity contribution in [1.82, 2.24) is 10.2 Å². The molecular formula is C12H13BrFN3O2. The monoisotopic (exact) mass is 329 g/mol. The van der Waals surface area contributed by atoms with Crippen molar-refractivity contribution in [2.45, 2.75) is 25.8 Å². The number of nitrogens with zero attached hydrogens (tertiary/aromatic N) is 1. The lowest BCUT2D eigenvalue weighted by molar-refractivity contribution is 0.396. The van der Waals surface area contributed by atoms with Crippen LogP contribution >= 0.6 is 15.9 Å². The maximum Gasteiger partial charge on any atom is 0.434 e. The average molecular weight is 330 g/mol. The second kappa shape index (κ2) is 5.26. The van der Waals surface area contributed by atoms with E-state index in [9.17, 15) is 9.18 Å². The molecule has 0 spiro atoms. The molecule has 0 aliphatic heterocycles. The van der Waals surface area contributed by atoms with Gasteiger partial charge in [0.15, 0.2) is 0 Å². The van der Waals surface area contributed by atoms with Gasteiger partial charge in [-0.1, -0.05) is 22.9 Å². The summed E-state index contributed by atoms with van der Waals surface area (Å²) in [6.45, 7) is 3.56. The lowest BCUT2D eigenvalue weighted by Crippen LogP contribution is -2.20. The first kappa shape index (κ1) is 14.0. The molecule has 2 atom stereocenters. The second-order valence-corrected chi connectivity index (χ2v) is 5.19. The van der Waals surface area contributed by atoms with E-state index in [2.05, 4.69) is 26.1 Å². The van der Waals surface area contributed by atoms with E-state index in [4.69, 9.17) is 10.2 Å². The van der Waals surface area contributed by atoms with E-state index < -0.39 is 11.8 Å². The molecule has 102 valence electrons.